The lowest BCUT2D eigenvalue weighted by Gasteiger charge is -2.32. The van der Waals surface area contributed by atoms with Gasteiger partial charge in [0.1, 0.15) is 0 Å². The molecule has 29 heavy (non-hydrogen) atoms. The molecule has 1 amide bonds. The molecule has 0 radical (unpaired) electrons. The third kappa shape index (κ3) is 4.22. The average molecular weight is 390 g/mol. The highest BCUT2D eigenvalue weighted by Gasteiger charge is 2.20. The number of aromatic nitrogens is 2. The Hall–Kier alpha value is -2.99. The Morgan fingerprint density at radius 1 is 1.07 bits per heavy atom. The molecule has 4 rings (SSSR count). The Morgan fingerprint density at radius 2 is 1.83 bits per heavy atom. The van der Waals surface area contributed by atoms with Crippen molar-refractivity contribution in [2.75, 3.05) is 38.5 Å². The van der Waals surface area contributed by atoms with Crippen molar-refractivity contribution in [2.24, 2.45) is 0 Å². The number of anilines is 2. The molecule has 6 heteroatoms. The van der Waals surface area contributed by atoms with Gasteiger partial charge in [-0.2, -0.15) is 0 Å². The van der Waals surface area contributed by atoms with Gasteiger partial charge in [-0.15, -0.1) is 0 Å². The number of nitrogens with zero attached hydrogens (tertiary/aromatic N) is 4. The van der Waals surface area contributed by atoms with E-state index in [1.54, 1.807) is 0 Å². The second-order valence-electron chi connectivity index (χ2n) is 7.93. The van der Waals surface area contributed by atoms with Crippen molar-refractivity contribution in [1.82, 2.24) is 19.8 Å². The standard InChI is InChI=1S/C23H27N5O/c1-16(2)20-9-5-7-18-15-24-23(26-21(18)20)25-19-8-4-6-17(14-19)22(29)28-12-10-27(3)11-13-28/h4-9,14-16H,10-13H2,1-3H3,(H,24,25,26). The molecule has 1 saturated heterocycles. The highest BCUT2D eigenvalue weighted by molar-refractivity contribution is 5.95. The Bertz CT molecular complexity index is 1020. The summed E-state index contributed by atoms with van der Waals surface area (Å²) in [5, 5.41) is 4.29. The van der Waals surface area contributed by atoms with Gasteiger partial charge in [0.15, 0.2) is 0 Å². The largest absolute Gasteiger partial charge is 0.336 e. The van der Waals surface area contributed by atoms with Crippen molar-refractivity contribution in [1.29, 1.82) is 0 Å². The zero-order chi connectivity index (χ0) is 20.4. The van der Waals surface area contributed by atoms with Crippen LogP contribution >= 0.6 is 0 Å². The normalized spacial score (nSPS) is 15.1. The molecular formula is C23H27N5O. The summed E-state index contributed by atoms with van der Waals surface area (Å²) >= 11 is 0. The number of rotatable bonds is 4. The number of nitrogens with one attached hydrogen (secondary N) is 1. The quantitative estimate of drug-likeness (QED) is 0.734. The fourth-order valence-corrected chi connectivity index (χ4v) is 3.66. The number of carbonyl (C=O) groups is 1. The molecule has 1 aliphatic heterocycles. The van der Waals surface area contributed by atoms with Crippen molar-refractivity contribution < 1.29 is 4.79 Å². The number of amides is 1. The molecular weight excluding hydrogens is 362 g/mol. The number of hydrogen-bond acceptors (Lipinski definition) is 5. The summed E-state index contributed by atoms with van der Waals surface area (Å²) in [5.74, 6) is 0.990. The second kappa shape index (κ2) is 8.17. The van der Waals surface area contributed by atoms with Crippen LogP contribution < -0.4 is 5.32 Å². The molecule has 2 aromatic carbocycles. The summed E-state index contributed by atoms with van der Waals surface area (Å²) in [6.45, 7) is 7.67. The van der Waals surface area contributed by atoms with Crippen LogP contribution in [0.15, 0.2) is 48.7 Å². The predicted molar refractivity (Wildman–Crippen MR) is 117 cm³/mol. The molecule has 0 atom stereocenters. The van der Waals surface area contributed by atoms with Gasteiger partial charge in [-0.25, -0.2) is 9.97 Å². The zero-order valence-electron chi connectivity index (χ0n) is 17.2. The van der Waals surface area contributed by atoms with Gasteiger partial charge in [-0.1, -0.05) is 38.1 Å². The number of para-hydroxylation sites is 1. The molecule has 150 valence electrons. The highest BCUT2D eigenvalue weighted by Crippen LogP contribution is 2.25. The van der Waals surface area contributed by atoms with Gasteiger partial charge in [0.25, 0.3) is 5.91 Å². The summed E-state index contributed by atoms with van der Waals surface area (Å²) in [4.78, 5) is 26.2. The van der Waals surface area contributed by atoms with E-state index in [9.17, 15) is 4.79 Å². The van der Waals surface area contributed by atoms with E-state index in [0.29, 0.717) is 17.4 Å². The first-order valence-corrected chi connectivity index (χ1v) is 10.1. The monoisotopic (exact) mass is 389 g/mol. The van der Waals surface area contributed by atoms with Crippen molar-refractivity contribution in [2.45, 2.75) is 19.8 Å². The molecule has 2 heterocycles. The van der Waals surface area contributed by atoms with Crippen molar-refractivity contribution in [3.05, 3.63) is 59.8 Å². The fraction of sp³-hybridized carbons (Fsp3) is 0.348. The van der Waals surface area contributed by atoms with Crippen LogP contribution in [0.5, 0.6) is 0 Å². The van der Waals surface area contributed by atoms with E-state index < -0.39 is 0 Å². The van der Waals surface area contributed by atoms with Gasteiger partial charge in [0, 0.05) is 49.0 Å². The maximum Gasteiger partial charge on any atom is 0.254 e. The Balaban J connectivity index is 1.56. The second-order valence-corrected chi connectivity index (χ2v) is 7.93. The first-order chi connectivity index (χ1) is 14.0. The van der Waals surface area contributed by atoms with Crippen LogP contribution in [0.2, 0.25) is 0 Å². The molecule has 6 nitrogen and oxygen atoms in total. The van der Waals surface area contributed by atoms with E-state index in [1.165, 1.54) is 5.56 Å². The first kappa shape index (κ1) is 19.3. The third-order valence-electron chi connectivity index (χ3n) is 5.42. The van der Waals surface area contributed by atoms with Gasteiger partial charge < -0.3 is 15.1 Å². The maximum absolute atomic E-state index is 12.9. The molecule has 3 aromatic rings. The molecule has 1 fully saturated rings. The van der Waals surface area contributed by atoms with Crippen molar-refractivity contribution in [3.8, 4) is 0 Å². The average Bonchev–Trinajstić information content (AvgIpc) is 2.73. The van der Waals surface area contributed by atoms with Crippen LogP contribution in [-0.2, 0) is 0 Å². The number of piperazine rings is 1. The lowest BCUT2D eigenvalue weighted by atomic mass is 10.0. The molecule has 1 aliphatic rings. The van der Waals surface area contributed by atoms with Crippen LogP contribution in [0, 0.1) is 0 Å². The molecule has 0 saturated carbocycles. The molecule has 0 spiro atoms. The van der Waals surface area contributed by atoms with Crippen LogP contribution in [-0.4, -0.2) is 58.9 Å². The summed E-state index contributed by atoms with van der Waals surface area (Å²) in [6, 6.07) is 13.8. The van der Waals surface area contributed by atoms with E-state index >= 15 is 0 Å². The molecule has 1 aromatic heterocycles. The molecule has 0 aliphatic carbocycles. The Kier molecular flexibility index (Phi) is 5.45. The van der Waals surface area contributed by atoms with Crippen LogP contribution in [0.25, 0.3) is 10.9 Å². The summed E-state index contributed by atoms with van der Waals surface area (Å²) in [7, 11) is 2.08. The lowest BCUT2D eigenvalue weighted by molar-refractivity contribution is 0.0664. The van der Waals surface area contributed by atoms with Crippen LogP contribution in [0.1, 0.15) is 35.7 Å². The van der Waals surface area contributed by atoms with Gasteiger partial charge in [0.05, 0.1) is 5.52 Å². The summed E-state index contributed by atoms with van der Waals surface area (Å²) < 4.78 is 0. The summed E-state index contributed by atoms with van der Waals surface area (Å²) in [6.07, 6.45) is 1.84. The molecule has 0 bridgehead atoms. The van der Waals surface area contributed by atoms with Gasteiger partial charge >= 0.3 is 0 Å². The number of hydrogen-bond donors (Lipinski definition) is 1. The third-order valence-corrected chi connectivity index (χ3v) is 5.42. The predicted octanol–water partition coefficient (Wildman–Crippen LogP) is 3.88. The maximum atomic E-state index is 12.9. The van der Waals surface area contributed by atoms with E-state index in [4.69, 9.17) is 4.98 Å². The number of fused-ring (bicyclic) bond motifs is 1. The lowest BCUT2D eigenvalue weighted by Crippen LogP contribution is -2.47. The topological polar surface area (TPSA) is 61.4 Å². The van der Waals surface area contributed by atoms with Gasteiger partial charge in [-0.3, -0.25) is 4.79 Å². The van der Waals surface area contributed by atoms with Gasteiger partial charge in [-0.05, 0) is 36.7 Å². The van der Waals surface area contributed by atoms with Crippen LogP contribution in [0.4, 0.5) is 11.6 Å². The zero-order valence-corrected chi connectivity index (χ0v) is 17.2. The minimum Gasteiger partial charge on any atom is -0.336 e. The van der Waals surface area contributed by atoms with E-state index in [0.717, 1.165) is 42.8 Å². The molecule has 0 unspecified atom stereocenters. The van der Waals surface area contributed by atoms with Crippen LogP contribution in [0.3, 0.4) is 0 Å². The van der Waals surface area contributed by atoms with Crippen molar-refractivity contribution in [3.63, 3.8) is 0 Å². The number of carbonyl (C=O) groups excluding carboxylic acids is 1. The smallest absolute Gasteiger partial charge is 0.254 e. The molecule has 1 N–H and O–H groups in total. The number of benzene rings is 2. The van der Waals surface area contributed by atoms with Crippen molar-refractivity contribution >= 4 is 28.4 Å². The minimum absolute atomic E-state index is 0.0725. The fourth-order valence-electron chi connectivity index (χ4n) is 3.66. The highest BCUT2D eigenvalue weighted by atomic mass is 16.2. The van der Waals surface area contributed by atoms with E-state index in [-0.39, 0.29) is 5.91 Å². The number of likely N-dealkylation sites (N-methyl/N-ethyl adjacent to an activating group) is 1. The van der Waals surface area contributed by atoms with E-state index in [2.05, 4.69) is 42.2 Å². The van der Waals surface area contributed by atoms with Gasteiger partial charge in [0.2, 0.25) is 5.95 Å². The minimum atomic E-state index is 0.0725. The summed E-state index contributed by atoms with van der Waals surface area (Å²) in [5.41, 5.74) is 3.66. The SMILES string of the molecule is CC(C)c1cccc2cnc(Nc3cccc(C(=O)N4CCN(C)CC4)c3)nc12. The van der Waals surface area contributed by atoms with E-state index in [1.807, 2.05) is 47.5 Å². The Morgan fingerprint density at radius 3 is 2.59 bits per heavy atom. The Labute approximate surface area is 171 Å². The first-order valence-electron chi connectivity index (χ1n) is 10.1.